The van der Waals surface area contributed by atoms with Gasteiger partial charge in [0.1, 0.15) is 23.2 Å². The molecule has 1 amide bonds. The van der Waals surface area contributed by atoms with E-state index in [2.05, 4.69) is 69.0 Å². The number of ether oxygens (including phenoxy) is 2. The first-order valence-electron chi connectivity index (χ1n) is 11.1. The number of phenolic OH excluding ortho intramolecular Hbond substituents is 1. The third-order valence-electron chi connectivity index (χ3n) is 5.50. The molecule has 11 heteroatoms. The molecule has 7 nitrogen and oxygen atoms in total. The van der Waals surface area contributed by atoms with Crippen LogP contribution < -0.4 is 20.5 Å². The lowest BCUT2D eigenvalue weighted by Gasteiger charge is -2.21. The van der Waals surface area contributed by atoms with E-state index in [9.17, 15) is 14.7 Å². The molecule has 3 rings (SSSR count). The van der Waals surface area contributed by atoms with E-state index in [0.717, 1.165) is 5.56 Å². The predicted octanol–water partition coefficient (Wildman–Crippen LogP) is 6.92. The second kappa shape index (κ2) is 13.2. The first-order valence-corrected chi connectivity index (χ1v) is 14.3. The lowest BCUT2D eigenvalue weighted by atomic mass is 9.88. The lowest BCUT2D eigenvalue weighted by molar-refractivity contribution is -0.132. The summed E-state index contributed by atoms with van der Waals surface area (Å²) in [4.78, 5) is 27.1. The fraction of sp³-hybridized carbons (Fsp3) is 0.231. The number of anilines is 1. The Hall–Kier alpha value is -1.92. The van der Waals surface area contributed by atoms with Crippen molar-refractivity contribution < 1.29 is 24.2 Å². The van der Waals surface area contributed by atoms with Crippen LogP contribution in [0.4, 0.5) is 5.69 Å². The standard InChI is InChI=1S/C26H24Br4N2O5/c1-3-37-16-6-4-14(5-7-16)22(31)23(33)17(8-13-9-20(29)25(36-2)21(30)10-13)26(35)32-15-11-18(27)24(34)19(28)12-15/h4-7,9-12,17,22,34H,3,8,31H2,1-2H3,(H,32,35)/t17-,22?/m1/s1. The molecule has 0 radical (unpaired) electrons. The molecule has 1 unspecified atom stereocenters. The van der Waals surface area contributed by atoms with Gasteiger partial charge in [-0.15, -0.1) is 0 Å². The summed E-state index contributed by atoms with van der Waals surface area (Å²) in [6.07, 6.45) is 0.0943. The number of hydrogen-bond donors (Lipinski definition) is 3. The smallest absolute Gasteiger partial charge is 0.235 e. The van der Waals surface area contributed by atoms with Gasteiger partial charge >= 0.3 is 0 Å². The Morgan fingerprint density at radius 3 is 2.05 bits per heavy atom. The summed E-state index contributed by atoms with van der Waals surface area (Å²) in [5, 5.41) is 12.8. The van der Waals surface area contributed by atoms with Crippen molar-refractivity contribution >= 4 is 81.1 Å². The maximum Gasteiger partial charge on any atom is 0.235 e. The number of nitrogens with two attached hydrogens (primary N) is 1. The molecule has 0 aliphatic rings. The molecule has 3 aromatic rings. The summed E-state index contributed by atoms with van der Waals surface area (Å²) < 4.78 is 12.9. The largest absolute Gasteiger partial charge is 0.506 e. The highest BCUT2D eigenvalue weighted by molar-refractivity contribution is 9.11. The van der Waals surface area contributed by atoms with Crippen LogP contribution in [-0.4, -0.2) is 30.5 Å². The molecule has 0 fully saturated rings. The molecule has 0 aromatic heterocycles. The molecule has 3 aromatic carbocycles. The van der Waals surface area contributed by atoms with E-state index in [1.165, 1.54) is 0 Å². The van der Waals surface area contributed by atoms with E-state index in [1.54, 1.807) is 55.6 Å². The minimum absolute atomic E-state index is 0.00363. The third-order valence-corrected chi connectivity index (χ3v) is 7.89. The van der Waals surface area contributed by atoms with Crippen molar-refractivity contribution in [2.24, 2.45) is 11.7 Å². The Kier molecular flexibility index (Phi) is 10.6. The van der Waals surface area contributed by atoms with Crippen molar-refractivity contribution in [3.05, 3.63) is 77.5 Å². The summed E-state index contributed by atoms with van der Waals surface area (Å²) in [7, 11) is 1.55. The van der Waals surface area contributed by atoms with Crippen molar-refractivity contribution in [1.82, 2.24) is 0 Å². The van der Waals surface area contributed by atoms with Gasteiger partial charge in [0.15, 0.2) is 5.78 Å². The average Bonchev–Trinajstić information content (AvgIpc) is 2.85. The molecular weight excluding hydrogens is 740 g/mol. The van der Waals surface area contributed by atoms with Gasteiger partial charge in [-0.2, -0.15) is 0 Å². The summed E-state index contributed by atoms with van der Waals surface area (Å²) in [6.45, 7) is 2.40. The molecule has 4 N–H and O–H groups in total. The van der Waals surface area contributed by atoms with Gasteiger partial charge in [0.25, 0.3) is 0 Å². The third kappa shape index (κ3) is 7.35. The number of benzene rings is 3. The topological polar surface area (TPSA) is 111 Å². The highest BCUT2D eigenvalue weighted by Gasteiger charge is 2.32. The average molecular weight is 764 g/mol. The van der Waals surface area contributed by atoms with E-state index in [4.69, 9.17) is 15.2 Å². The fourth-order valence-electron chi connectivity index (χ4n) is 3.67. The van der Waals surface area contributed by atoms with Crippen LogP contribution in [0, 0.1) is 5.92 Å². The predicted molar refractivity (Wildman–Crippen MR) is 157 cm³/mol. The number of amides is 1. The van der Waals surface area contributed by atoms with E-state index < -0.39 is 23.7 Å². The zero-order chi connectivity index (χ0) is 27.3. The molecular formula is C26H24Br4N2O5. The number of Topliss-reactive ketones (excluding diaryl/α,β-unsaturated/α-hetero) is 1. The van der Waals surface area contributed by atoms with Crippen LogP contribution in [0.25, 0.3) is 0 Å². The van der Waals surface area contributed by atoms with Crippen molar-refractivity contribution in [2.75, 3.05) is 19.0 Å². The number of rotatable bonds is 10. The van der Waals surface area contributed by atoms with E-state index in [-0.39, 0.29) is 12.2 Å². The van der Waals surface area contributed by atoms with Crippen molar-refractivity contribution in [2.45, 2.75) is 19.4 Å². The summed E-state index contributed by atoms with van der Waals surface area (Å²) >= 11 is 13.5. The van der Waals surface area contributed by atoms with Gasteiger partial charge in [0.2, 0.25) is 5.91 Å². The van der Waals surface area contributed by atoms with Gasteiger partial charge in [0, 0.05) is 5.69 Å². The Bertz CT molecular complexity index is 1250. The van der Waals surface area contributed by atoms with Crippen LogP contribution in [0.3, 0.4) is 0 Å². The normalized spacial score (nSPS) is 12.5. The second-order valence-electron chi connectivity index (χ2n) is 8.01. The number of phenols is 1. The number of carbonyl (C=O) groups excluding carboxylic acids is 2. The highest BCUT2D eigenvalue weighted by Crippen LogP contribution is 2.37. The molecule has 0 bridgehead atoms. The van der Waals surface area contributed by atoms with E-state index in [1.807, 2.05) is 6.92 Å². The Balaban J connectivity index is 1.94. The van der Waals surface area contributed by atoms with Crippen molar-refractivity contribution in [3.8, 4) is 17.2 Å². The molecule has 0 heterocycles. The first-order chi connectivity index (χ1) is 17.5. The number of ketones is 1. The molecule has 0 aliphatic carbocycles. The number of hydrogen-bond acceptors (Lipinski definition) is 6. The Morgan fingerprint density at radius 2 is 1.54 bits per heavy atom. The molecule has 0 aliphatic heterocycles. The van der Waals surface area contributed by atoms with Gasteiger partial charge < -0.3 is 25.6 Å². The van der Waals surface area contributed by atoms with Crippen LogP contribution >= 0.6 is 63.7 Å². The number of carbonyl (C=O) groups is 2. The number of halogens is 4. The van der Waals surface area contributed by atoms with Gasteiger partial charge in [-0.1, -0.05) is 12.1 Å². The van der Waals surface area contributed by atoms with Gasteiger partial charge in [-0.25, -0.2) is 0 Å². The van der Waals surface area contributed by atoms with Gasteiger partial charge in [0.05, 0.1) is 37.6 Å². The first kappa shape index (κ1) is 29.6. The number of methoxy groups -OCH3 is 1. The molecule has 0 saturated carbocycles. The zero-order valence-electron chi connectivity index (χ0n) is 19.9. The van der Waals surface area contributed by atoms with Crippen molar-refractivity contribution in [3.63, 3.8) is 0 Å². The maximum absolute atomic E-state index is 13.6. The summed E-state index contributed by atoms with van der Waals surface area (Å²) in [6, 6.07) is 12.6. The van der Waals surface area contributed by atoms with Gasteiger partial charge in [-0.3, -0.25) is 9.59 Å². The van der Waals surface area contributed by atoms with Crippen LogP contribution in [-0.2, 0) is 16.0 Å². The number of nitrogens with one attached hydrogen (secondary N) is 1. The monoisotopic (exact) mass is 760 g/mol. The van der Waals surface area contributed by atoms with E-state index in [0.29, 0.717) is 47.2 Å². The molecule has 2 atom stereocenters. The Labute approximate surface area is 248 Å². The second-order valence-corrected chi connectivity index (χ2v) is 11.4. The molecule has 0 spiro atoms. The Morgan fingerprint density at radius 1 is 0.973 bits per heavy atom. The maximum atomic E-state index is 13.6. The number of aromatic hydroxyl groups is 1. The summed E-state index contributed by atoms with van der Waals surface area (Å²) in [5.41, 5.74) is 8.05. The fourth-order valence-corrected chi connectivity index (χ4v) is 6.46. The highest BCUT2D eigenvalue weighted by atomic mass is 79.9. The van der Waals surface area contributed by atoms with Crippen molar-refractivity contribution in [1.29, 1.82) is 0 Å². The van der Waals surface area contributed by atoms with Crippen LogP contribution in [0.1, 0.15) is 24.1 Å². The van der Waals surface area contributed by atoms with E-state index >= 15 is 0 Å². The molecule has 196 valence electrons. The molecule has 0 saturated heterocycles. The minimum Gasteiger partial charge on any atom is -0.506 e. The minimum atomic E-state index is -1.11. The van der Waals surface area contributed by atoms with Gasteiger partial charge in [-0.05, 0) is 125 Å². The van der Waals surface area contributed by atoms with Crippen LogP contribution in [0.5, 0.6) is 17.2 Å². The summed E-state index contributed by atoms with van der Waals surface area (Å²) in [5.74, 6) is -0.825. The zero-order valence-corrected chi connectivity index (χ0v) is 26.2. The lowest BCUT2D eigenvalue weighted by Crippen LogP contribution is -2.37. The van der Waals surface area contributed by atoms with Crippen LogP contribution in [0.15, 0.2) is 66.4 Å². The van der Waals surface area contributed by atoms with Crippen LogP contribution in [0.2, 0.25) is 0 Å². The quantitative estimate of drug-likeness (QED) is 0.153. The SMILES string of the molecule is CCOc1ccc(C(N)C(=O)[C@@H](Cc2cc(Br)c(OC)c(Br)c2)C(=O)Nc2cc(Br)c(O)c(Br)c2)cc1. The molecule has 37 heavy (non-hydrogen) atoms.